The second-order valence-electron chi connectivity index (χ2n) is 9.87. The molecule has 0 heterocycles. The summed E-state index contributed by atoms with van der Waals surface area (Å²) in [7, 11) is 0. The Balaban J connectivity index is 2.07. The first kappa shape index (κ1) is 18.2. The molecule has 2 bridgehead atoms. The fourth-order valence-electron chi connectivity index (χ4n) is 6.69. The Kier molecular flexibility index (Phi) is 4.54. The molecule has 3 rings (SSSR count). The van der Waals surface area contributed by atoms with E-state index in [1.807, 2.05) is 0 Å². The second-order valence-corrected chi connectivity index (χ2v) is 9.87. The van der Waals surface area contributed by atoms with Crippen molar-refractivity contribution in [2.45, 2.75) is 86.2 Å². The van der Waals surface area contributed by atoms with E-state index < -0.39 is 6.17 Å². The Labute approximate surface area is 149 Å². The summed E-state index contributed by atoms with van der Waals surface area (Å²) < 4.78 is 14.9. The van der Waals surface area contributed by atoms with E-state index in [2.05, 4.69) is 48.1 Å². The molecule has 6 atom stereocenters. The molecule has 3 aliphatic carbocycles. The SMILES string of the molecule is C=C1[C@H](C)C2=C(C)CC[C@@H](CC3C[C@H](CC)[C@H](F)C[C@@]13C)C2(C)C. The summed E-state index contributed by atoms with van der Waals surface area (Å²) in [6, 6.07) is 0. The highest BCUT2D eigenvalue weighted by Gasteiger charge is 2.53. The largest absolute Gasteiger partial charge is 0.247 e. The zero-order valence-corrected chi connectivity index (χ0v) is 16.7. The van der Waals surface area contributed by atoms with Crippen molar-refractivity contribution in [3.05, 3.63) is 23.3 Å². The summed E-state index contributed by atoms with van der Waals surface area (Å²) in [6.07, 6.45) is 5.90. The molecule has 0 aromatic rings. The highest BCUT2D eigenvalue weighted by atomic mass is 19.1. The summed E-state index contributed by atoms with van der Waals surface area (Å²) >= 11 is 0. The van der Waals surface area contributed by atoms with E-state index in [4.69, 9.17) is 0 Å². The molecule has 1 unspecified atom stereocenters. The van der Waals surface area contributed by atoms with Crippen LogP contribution >= 0.6 is 0 Å². The van der Waals surface area contributed by atoms with Gasteiger partial charge in [-0.2, -0.15) is 0 Å². The average molecular weight is 333 g/mol. The van der Waals surface area contributed by atoms with Crippen LogP contribution in [0, 0.1) is 34.5 Å². The van der Waals surface area contributed by atoms with E-state index in [0.29, 0.717) is 18.3 Å². The second kappa shape index (κ2) is 5.99. The fraction of sp³-hybridized carbons (Fsp3) is 0.826. The Morgan fingerprint density at radius 2 is 1.83 bits per heavy atom. The molecule has 2 fully saturated rings. The van der Waals surface area contributed by atoms with Gasteiger partial charge in [0.05, 0.1) is 0 Å². The zero-order valence-electron chi connectivity index (χ0n) is 16.7. The van der Waals surface area contributed by atoms with Gasteiger partial charge in [0.15, 0.2) is 0 Å². The number of rotatable bonds is 1. The van der Waals surface area contributed by atoms with Crippen LogP contribution < -0.4 is 0 Å². The van der Waals surface area contributed by atoms with Gasteiger partial charge >= 0.3 is 0 Å². The maximum absolute atomic E-state index is 14.9. The first-order valence-electron chi connectivity index (χ1n) is 10.2. The van der Waals surface area contributed by atoms with Crippen molar-refractivity contribution in [1.29, 1.82) is 0 Å². The van der Waals surface area contributed by atoms with Gasteiger partial charge in [0.1, 0.15) is 6.17 Å². The maximum Gasteiger partial charge on any atom is 0.104 e. The van der Waals surface area contributed by atoms with Gasteiger partial charge in [-0.05, 0) is 73.5 Å². The van der Waals surface area contributed by atoms with Crippen molar-refractivity contribution in [3.63, 3.8) is 0 Å². The molecule has 136 valence electrons. The predicted molar refractivity (Wildman–Crippen MR) is 102 cm³/mol. The van der Waals surface area contributed by atoms with Crippen molar-refractivity contribution in [3.8, 4) is 0 Å². The Bertz CT molecular complexity index is 554. The van der Waals surface area contributed by atoms with Crippen LogP contribution in [0.15, 0.2) is 23.3 Å². The minimum atomic E-state index is -0.650. The predicted octanol–water partition coefficient (Wildman–Crippen LogP) is 7.12. The average Bonchev–Trinajstić information content (AvgIpc) is 2.50. The molecule has 0 aromatic carbocycles. The molecule has 3 aliphatic rings. The van der Waals surface area contributed by atoms with Crippen LogP contribution in [-0.4, -0.2) is 6.17 Å². The van der Waals surface area contributed by atoms with Gasteiger partial charge in [-0.25, -0.2) is 4.39 Å². The van der Waals surface area contributed by atoms with Gasteiger partial charge in [0.25, 0.3) is 0 Å². The summed E-state index contributed by atoms with van der Waals surface area (Å²) in [4.78, 5) is 0. The Hall–Kier alpha value is -0.590. The lowest BCUT2D eigenvalue weighted by Crippen LogP contribution is -2.48. The number of halogens is 1. The van der Waals surface area contributed by atoms with Gasteiger partial charge in [0, 0.05) is 0 Å². The van der Waals surface area contributed by atoms with Crippen molar-refractivity contribution < 1.29 is 4.39 Å². The van der Waals surface area contributed by atoms with E-state index >= 15 is 0 Å². The molecular formula is C23H37F. The van der Waals surface area contributed by atoms with Gasteiger partial charge in [-0.1, -0.05) is 64.3 Å². The van der Waals surface area contributed by atoms with Crippen LogP contribution in [0.4, 0.5) is 4.39 Å². The molecule has 1 heteroatoms. The molecular weight excluding hydrogens is 295 g/mol. The lowest BCUT2D eigenvalue weighted by molar-refractivity contribution is -0.00278. The normalized spacial score (nSPS) is 45.5. The molecule has 0 amide bonds. The van der Waals surface area contributed by atoms with E-state index in [0.717, 1.165) is 18.8 Å². The van der Waals surface area contributed by atoms with Crippen molar-refractivity contribution in [2.75, 3.05) is 0 Å². The molecule has 0 radical (unpaired) electrons. The fourth-order valence-corrected chi connectivity index (χ4v) is 6.69. The molecule has 2 saturated carbocycles. The van der Waals surface area contributed by atoms with Crippen molar-refractivity contribution in [2.24, 2.45) is 34.5 Å². The molecule has 0 saturated heterocycles. The summed E-state index contributed by atoms with van der Waals surface area (Å²) in [5.41, 5.74) is 4.75. The third-order valence-corrected chi connectivity index (χ3v) is 8.44. The molecule has 24 heavy (non-hydrogen) atoms. The van der Waals surface area contributed by atoms with Gasteiger partial charge < -0.3 is 0 Å². The number of fused-ring (bicyclic) bond motifs is 3. The first-order chi connectivity index (χ1) is 11.1. The van der Waals surface area contributed by atoms with Crippen LogP contribution in [0.2, 0.25) is 0 Å². The molecule has 0 aromatic heterocycles. The highest BCUT2D eigenvalue weighted by Crippen LogP contribution is 2.61. The maximum atomic E-state index is 14.9. The quantitative estimate of drug-likeness (QED) is 0.449. The Morgan fingerprint density at radius 3 is 2.46 bits per heavy atom. The van der Waals surface area contributed by atoms with Crippen LogP contribution in [0.25, 0.3) is 0 Å². The third kappa shape index (κ3) is 2.53. The molecule has 0 N–H and O–H groups in total. The van der Waals surface area contributed by atoms with Crippen molar-refractivity contribution >= 4 is 0 Å². The summed E-state index contributed by atoms with van der Waals surface area (Å²) in [6.45, 7) is 18.7. The van der Waals surface area contributed by atoms with Crippen LogP contribution in [0.5, 0.6) is 0 Å². The number of allylic oxidation sites excluding steroid dienone is 3. The van der Waals surface area contributed by atoms with Crippen molar-refractivity contribution in [1.82, 2.24) is 0 Å². The number of alkyl halides is 1. The minimum absolute atomic E-state index is 0.0257. The third-order valence-electron chi connectivity index (χ3n) is 8.44. The molecule has 0 spiro atoms. The van der Waals surface area contributed by atoms with E-state index in [1.165, 1.54) is 24.8 Å². The van der Waals surface area contributed by atoms with Gasteiger partial charge in [-0.3, -0.25) is 0 Å². The lowest BCUT2D eigenvalue weighted by atomic mass is 9.49. The highest BCUT2D eigenvalue weighted by molar-refractivity contribution is 5.36. The van der Waals surface area contributed by atoms with Crippen LogP contribution in [-0.2, 0) is 0 Å². The minimum Gasteiger partial charge on any atom is -0.247 e. The van der Waals surface area contributed by atoms with E-state index in [9.17, 15) is 4.39 Å². The monoisotopic (exact) mass is 332 g/mol. The summed E-state index contributed by atoms with van der Waals surface area (Å²) in [5, 5.41) is 0. The number of hydrogen-bond acceptors (Lipinski definition) is 0. The van der Waals surface area contributed by atoms with Crippen LogP contribution in [0.1, 0.15) is 80.1 Å². The zero-order chi connectivity index (χ0) is 17.9. The topological polar surface area (TPSA) is 0 Å². The van der Waals surface area contributed by atoms with E-state index in [1.54, 1.807) is 11.1 Å². The Morgan fingerprint density at radius 1 is 1.17 bits per heavy atom. The number of hydrogen-bond donors (Lipinski definition) is 0. The lowest BCUT2D eigenvalue weighted by Gasteiger charge is -2.56. The molecule has 0 aliphatic heterocycles. The van der Waals surface area contributed by atoms with Crippen LogP contribution in [0.3, 0.4) is 0 Å². The standard InChI is InChI=1S/C23H37F/c1-8-17-11-19-12-18-10-9-14(2)21(22(18,5)6)15(3)16(4)23(19,7)13-20(17)24/h15,17-20H,4,8-13H2,1-3,5-7H3/t15-,17-,18-,19?,20+,23-/m0/s1. The molecule has 0 nitrogen and oxygen atoms in total. The van der Waals surface area contributed by atoms with Gasteiger partial charge in [0.2, 0.25) is 0 Å². The first-order valence-corrected chi connectivity index (χ1v) is 10.2. The van der Waals surface area contributed by atoms with Gasteiger partial charge in [-0.15, -0.1) is 0 Å². The van der Waals surface area contributed by atoms with E-state index in [-0.39, 0.29) is 16.7 Å². The summed E-state index contributed by atoms with van der Waals surface area (Å²) in [5.74, 6) is 1.99. The smallest absolute Gasteiger partial charge is 0.104 e.